The maximum Gasteiger partial charge on any atom is 0.336 e. The molecule has 0 aliphatic carbocycles. The quantitative estimate of drug-likeness (QED) is 0.804. The summed E-state index contributed by atoms with van der Waals surface area (Å²) in [6, 6.07) is 10.3. The molecule has 0 aromatic heterocycles. The summed E-state index contributed by atoms with van der Waals surface area (Å²) in [4.78, 5) is 22.9. The van der Waals surface area contributed by atoms with E-state index < -0.39 is 5.97 Å². The van der Waals surface area contributed by atoms with Crippen LogP contribution in [-0.4, -0.2) is 22.1 Å². The van der Waals surface area contributed by atoms with Gasteiger partial charge in [-0.05, 0) is 58.4 Å². The van der Waals surface area contributed by atoms with Crippen LogP contribution in [0.2, 0.25) is 0 Å². The Morgan fingerprint density at radius 3 is 2.30 bits per heavy atom. The summed E-state index contributed by atoms with van der Waals surface area (Å²) in [7, 11) is 0. The van der Waals surface area contributed by atoms with Gasteiger partial charge in [0.25, 0.3) is 5.91 Å². The number of carbonyl (C=O) groups is 2. The number of carboxylic acids is 1. The van der Waals surface area contributed by atoms with Crippen molar-refractivity contribution in [3.63, 3.8) is 0 Å². The van der Waals surface area contributed by atoms with Crippen LogP contribution in [0.4, 0.5) is 5.69 Å². The number of hydrogen-bond acceptors (Lipinski definition) is 3. The third-order valence-electron chi connectivity index (χ3n) is 2.58. The molecule has 0 aliphatic heterocycles. The largest absolute Gasteiger partial charge is 0.508 e. The maximum atomic E-state index is 11.9. The maximum absolute atomic E-state index is 11.9. The second-order valence-electron chi connectivity index (χ2n) is 4.00. The van der Waals surface area contributed by atoms with Gasteiger partial charge in [0, 0.05) is 15.7 Å². The number of benzene rings is 2. The molecule has 0 saturated carbocycles. The Bertz CT molecular complexity index is 667. The van der Waals surface area contributed by atoms with Gasteiger partial charge in [0.05, 0.1) is 5.56 Å². The van der Waals surface area contributed by atoms with E-state index in [1.54, 1.807) is 12.1 Å². The molecule has 2 rings (SSSR count). The first kappa shape index (κ1) is 14.1. The van der Waals surface area contributed by atoms with E-state index in [4.69, 9.17) is 10.2 Å². The normalized spacial score (nSPS) is 10.1. The number of nitrogens with one attached hydrogen (secondary N) is 1. The lowest BCUT2D eigenvalue weighted by atomic mass is 10.1. The summed E-state index contributed by atoms with van der Waals surface area (Å²) in [6.07, 6.45) is 0. The van der Waals surface area contributed by atoms with E-state index >= 15 is 0 Å². The third kappa shape index (κ3) is 3.16. The van der Waals surface area contributed by atoms with Crippen molar-refractivity contribution < 1.29 is 19.8 Å². The fraction of sp³-hybridized carbons (Fsp3) is 0. The van der Waals surface area contributed by atoms with Crippen LogP contribution < -0.4 is 5.32 Å². The average molecular weight is 336 g/mol. The van der Waals surface area contributed by atoms with Crippen LogP contribution in [0.25, 0.3) is 0 Å². The fourth-order valence-corrected chi connectivity index (χ4v) is 2.00. The van der Waals surface area contributed by atoms with Crippen molar-refractivity contribution in [2.45, 2.75) is 0 Å². The molecule has 2 aromatic carbocycles. The van der Waals surface area contributed by atoms with Crippen molar-refractivity contribution in [1.82, 2.24) is 0 Å². The minimum Gasteiger partial charge on any atom is -0.508 e. The Morgan fingerprint density at radius 2 is 1.70 bits per heavy atom. The number of rotatable bonds is 3. The molecule has 0 bridgehead atoms. The van der Waals surface area contributed by atoms with Crippen LogP contribution in [0.5, 0.6) is 5.75 Å². The standard InChI is InChI=1S/C14H10BrNO4/c15-12-6-3-9(7-11(12)14(19)20)16-13(18)8-1-4-10(17)5-2-8/h1-7,17H,(H,16,18)(H,19,20). The Hall–Kier alpha value is -2.34. The summed E-state index contributed by atoms with van der Waals surface area (Å²) >= 11 is 3.13. The first-order valence-corrected chi connectivity index (χ1v) is 6.40. The minimum atomic E-state index is -1.09. The average Bonchev–Trinajstić information content (AvgIpc) is 2.41. The van der Waals surface area contributed by atoms with Crippen molar-refractivity contribution in [3.05, 3.63) is 58.1 Å². The molecule has 0 spiro atoms. The van der Waals surface area contributed by atoms with Gasteiger partial charge in [-0.2, -0.15) is 0 Å². The highest BCUT2D eigenvalue weighted by Gasteiger charge is 2.11. The summed E-state index contributed by atoms with van der Waals surface area (Å²) < 4.78 is 0.438. The highest BCUT2D eigenvalue weighted by Crippen LogP contribution is 2.21. The number of aromatic hydroxyl groups is 1. The zero-order chi connectivity index (χ0) is 14.7. The van der Waals surface area contributed by atoms with Gasteiger partial charge in [-0.3, -0.25) is 4.79 Å². The number of carbonyl (C=O) groups excluding carboxylic acids is 1. The zero-order valence-electron chi connectivity index (χ0n) is 10.1. The van der Waals surface area contributed by atoms with Crippen molar-refractivity contribution in [3.8, 4) is 5.75 Å². The highest BCUT2D eigenvalue weighted by molar-refractivity contribution is 9.10. The molecule has 2 aromatic rings. The predicted octanol–water partition coefficient (Wildman–Crippen LogP) is 3.11. The second kappa shape index (κ2) is 5.75. The molecule has 102 valence electrons. The highest BCUT2D eigenvalue weighted by atomic mass is 79.9. The lowest BCUT2D eigenvalue weighted by Gasteiger charge is -2.07. The molecule has 20 heavy (non-hydrogen) atoms. The van der Waals surface area contributed by atoms with Crippen molar-refractivity contribution in [1.29, 1.82) is 0 Å². The molecule has 3 N–H and O–H groups in total. The monoisotopic (exact) mass is 335 g/mol. The van der Waals surface area contributed by atoms with E-state index in [1.165, 1.54) is 30.3 Å². The molecule has 6 heteroatoms. The Kier molecular flexibility index (Phi) is 4.05. The van der Waals surface area contributed by atoms with Crippen LogP contribution in [0.1, 0.15) is 20.7 Å². The van der Waals surface area contributed by atoms with Crippen molar-refractivity contribution >= 4 is 33.5 Å². The van der Waals surface area contributed by atoms with E-state index in [-0.39, 0.29) is 17.2 Å². The zero-order valence-corrected chi connectivity index (χ0v) is 11.7. The van der Waals surface area contributed by atoms with Gasteiger partial charge in [0.1, 0.15) is 5.75 Å². The fourth-order valence-electron chi connectivity index (χ4n) is 1.58. The number of carboxylic acid groups (broad SMARTS) is 1. The molecule has 0 heterocycles. The van der Waals surface area contributed by atoms with Crippen molar-refractivity contribution in [2.75, 3.05) is 5.32 Å². The van der Waals surface area contributed by atoms with Gasteiger partial charge in [-0.1, -0.05) is 0 Å². The number of phenols is 1. The molecule has 5 nitrogen and oxygen atoms in total. The molecule has 0 aliphatic rings. The summed E-state index contributed by atoms with van der Waals surface area (Å²) in [5.41, 5.74) is 0.805. The van der Waals surface area contributed by atoms with Gasteiger partial charge in [-0.15, -0.1) is 0 Å². The minimum absolute atomic E-state index is 0.0634. The summed E-state index contributed by atoms with van der Waals surface area (Å²) in [5, 5.41) is 20.8. The molecule has 0 saturated heterocycles. The molecule has 0 atom stereocenters. The number of phenolic OH excluding ortho intramolecular Hbond substituents is 1. The van der Waals surface area contributed by atoms with Crippen LogP contribution in [0, 0.1) is 0 Å². The van der Waals surface area contributed by atoms with Crippen LogP contribution >= 0.6 is 15.9 Å². The van der Waals surface area contributed by atoms with Crippen molar-refractivity contribution in [2.24, 2.45) is 0 Å². The number of hydrogen-bond donors (Lipinski definition) is 3. The smallest absolute Gasteiger partial charge is 0.336 e. The third-order valence-corrected chi connectivity index (χ3v) is 3.28. The molecular formula is C14H10BrNO4. The Morgan fingerprint density at radius 1 is 1.05 bits per heavy atom. The van der Waals surface area contributed by atoms with Crippen LogP contribution in [0.15, 0.2) is 46.9 Å². The molecule has 0 unspecified atom stereocenters. The molecule has 0 fully saturated rings. The van der Waals surface area contributed by atoms with Crippen LogP contribution in [-0.2, 0) is 0 Å². The number of aromatic carboxylic acids is 1. The Balaban J connectivity index is 2.21. The van der Waals surface area contributed by atoms with E-state index in [2.05, 4.69) is 21.2 Å². The van der Waals surface area contributed by atoms with Gasteiger partial charge in [0.15, 0.2) is 0 Å². The van der Waals surface area contributed by atoms with E-state index in [1.807, 2.05) is 0 Å². The molecular weight excluding hydrogens is 326 g/mol. The van der Waals surface area contributed by atoms with Gasteiger partial charge in [0.2, 0.25) is 0 Å². The van der Waals surface area contributed by atoms with E-state index in [9.17, 15) is 9.59 Å². The van der Waals surface area contributed by atoms with Gasteiger partial charge in [-0.25, -0.2) is 4.79 Å². The lowest BCUT2D eigenvalue weighted by molar-refractivity contribution is 0.0695. The number of halogens is 1. The summed E-state index contributed by atoms with van der Waals surface area (Å²) in [5.74, 6) is -1.40. The first-order valence-electron chi connectivity index (χ1n) is 5.60. The molecule has 0 radical (unpaired) electrons. The predicted molar refractivity (Wildman–Crippen MR) is 77.2 cm³/mol. The molecule has 1 amide bonds. The Labute approximate surface area is 123 Å². The van der Waals surface area contributed by atoms with E-state index in [0.29, 0.717) is 15.7 Å². The van der Waals surface area contributed by atoms with E-state index in [0.717, 1.165) is 0 Å². The summed E-state index contributed by atoms with van der Waals surface area (Å²) in [6.45, 7) is 0. The topological polar surface area (TPSA) is 86.6 Å². The first-order chi connectivity index (χ1) is 9.47. The van der Waals surface area contributed by atoms with Gasteiger partial charge < -0.3 is 15.5 Å². The number of anilines is 1. The second-order valence-corrected chi connectivity index (χ2v) is 4.86. The van der Waals surface area contributed by atoms with Crippen LogP contribution in [0.3, 0.4) is 0 Å². The lowest BCUT2D eigenvalue weighted by Crippen LogP contribution is -2.12. The number of amides is 1. The SMILES string of the molecule is O=C(Nc1ccc(Br)c(C(=O)O)c1)c1ccc(O)cc1. The van der Waals surface area contributed by atoms with Gasteiger partial charge >= 0.3 is 5.97 Å².